The monoisotopic (exact) mass is 274 g/mol. The highest BCUT2D eigenvalue weighted by Gasteiger charge is 2.26. The van der Waals surface area contributed by atoms with Gasteiger partial charge in [-0.3, -0.25) is 9.59 Å². The molecule has 0 aliphatic carbocycles. The minimum absolute atomic E-state index is 0.0268. The number of rotatable bonds is 8. The first-order valence-electron chi connectivity index (χ1n) is 6.19. The second-order valence-electron chi connectivity index (χ2n) is 4.43. The quantitative estimate of drug-likeness (QED) is 0.531. The lowest BCUT2D eigenvalue weighted by Gasteiger charge is -2.20. The summed E-state index contributed by atoms with van der Waals surface area (Å²) in [5.74, 6) is -2.29. The number of amides is 1. The molecule has 0 aliphatic heterocycles. The molecule has 1 amide bonds. The summed E-state index contributed by atoms with van der Waals surface area (Å²) in [6, 6.07) is -1.90. The minimum Gasteiger partial charge on any atom is -0.480 e. The first-order chi connectivity index (χ1) is 8.83. The van der Waals surface area contributed by atoms with Gasteiger partial charge in [-0.05, 0) is 12.3 Å². The molecule has 0 aromatic heterocycles. The number of methoxy groups -OCH3 is 1. The summed E-state index contributed by atoms with van der Waals surface area (Å²) in [4.78, 5) is 33.7. The molecule has 0 aromatic carbocycles. The van der Waals surface area contributed by atoms with Crippen LogP contribution in [0.1, 0.15) is 33.1 Å². The van der Waals surface area contributed by atoms with E-state index in [0.29, 0.717) is 6.42 Å². The van der Waals surface area contributed by atoms with Gasteiger partial charge in [-0.25, -0.2) is 4.79 Å². The lowest BCUT2D eigenvalue weighted by Crippen LogP contribution is -2.50. The lowest BCUT2D eigenvalue weighted by molar-refractivity contribution is -0.144. The maximum Gasteiger partial charge on any atom is 0.326 e. The molecule has 0 saturated heterocycles. The molecule has 110 valence electrons. The van der Waals surface area contributed by atoms with Crippen molar-refractivity contribution >= 4 is 17.8 Å². The molecule has 0 saturated carbocycles. The molecular weight excluding hydrogens is 252 g/mol. The van der Waals surface area contributed by atoms with Gasteiger partial charge in [-0.1, -0.05) is 20.3 Å². The van der Waals surface area contributed by atoms with Crippen LogP contribution >= 0.6 is 0 Å². The van der Waals surface area contributed by atoms with Gasteiger partial charge < -0.3 is 20.9 Å². The molecule has 0 radical (unpaired) electrons. The van der Waals surface area contributed by atoms with Crippen molar-refractivity contribution in [3.8, 4) is 0 Å². The number of ether oxygens (including phenoxy) is 1. The van der Waals surface area contributed by atoms with Gasteiger partial charge in [0, 0.05) is 6.42 Å². The van der Waals surface area contributed by atoms with Crippen LogP contribution in [0.15, 0.2) is 0 Å². The summed E-state index contributed by atoms with van der Waals surface area (Å²) < 4.78 is 4.42. The van der Waals surface area contributed by atoms with Gasteiger partial charge in [0.25, 0.3) is 0 Å². The van der Waals surface area contributed by atoms with E-state index in [2.05, 4.69) is 10.1 Å². The average Bonchev–Trinajstić information content (AvgIpc) is 2.40. The topological polar surface area (TPSA) is 119 Å². The Bertz CT molecular complexity index is 332. The number of carboxylic acids is 1. The number of carboxylic acid groups (broad SMARTS) is 1. The minimum atomic E-state index is -1.20. The molecule has 19 heavy (non-hydrogen) atoms. The van der Waals surface area contributed by atoms with Gasteiger partial charge in [-0.15, -0.1) is 0 Å². The maximum atomic E-state index is 11.8. The predicted octanol–water partition coefficient (Wildman–Crippen LogP) is -0.118. The van der Waals surface area contributed by atoms with Crippen LogP contribution in [-0.2, 0) is 19.1 Å². The largest absolute Gasteiger partial charge is 0.480 e. The Morgan fingerprint density at radius 1 is 1.37 bits per heavy atom. The summed E-state index contributed by atoms with van der Waals surface area (Å²) in [6.45, 7) is 3.71. The second kappa shape index (κ2) is 8.47. The highest BCUT2D eigenvalue weighted by Crippen LogP contribution is 2.07. The standard InChI is InChI=1S/C12H22N2O5/c1-4-7(2)10(13)11(16)14-8(12(17)18)5-6-9(15)19-3/h7-8,10H,4-6,13H2,1-3H3,(H,14,16)(H,17,18)/t7?,8?,10-/m0/s1. The Hall–Kier alpha value is -1.63. The Balaban J connectivity index is 4.46. The van der Waals surface area contributed by atoms with Crippen LogP contribution in [0.2, 0.25) is 0 Å². The van der Waals surface area contributed by atoms with E-state index in [0.717, 1.165) is 0 Å². The fourth-order valence-electron chi connectivity index (χ4n) is 1.40. The smallest absolute Gasteiger partial charge is 0.326 e. The van der Waals surface area contributed by atoms with E-state index in [9.17, 15) is 14.4 Å². The molecule has 0 bridgehead atoms. The van der Waals surface area contributed by atoms with Gasteiger partial charge in [0.15, 0.2) is 0 Å². The maximum absolute atomic E-state index is 11.8. The van der Waals surface area contributed by atoms with Crippen molar-refractivity contribution in [3.05, 3.63) is 0 Å². The van der Waals surface area contributed by atoms with Crippen molar-refractivity contribution in [2.45, 2.75) is 45.2 Å². The Kier molecular flexibility index (Phi) is 7.74. The van der Waals surface area contributed by atoms with Crippen molar-refractivity contribution < 1.29 is 24.2 Å². The molecule has 0 aliphatic rings. The predicted molar refractivity (Wildman–Crippen MR) is 68.2 cm³/mol. The van der Waals surface area contributed by atoms with Crippen molar-refractivity contribution in [2.75, 3.05) is 7.11 Å². The lowest BCUT2D eigenvalue weighted by atomic mass is 9.99. The zero-order valence-corrected chi connectivity index (χ0v) is 11.5. The third-order valence-electron chi connectivity index (χ3n) is 3.04. The van der Waals surface area contributed by atoms with Crippen molar-refractivity contribution in [1.82, 2.24) is 5.32 Å². The number of carbonyl (C=O) groups excluding carboxylic acids is 2. The first-order valence-corrected chi connectivity index (χ1v) is 6.19. The summed E-state index contributed by atoms with van der Waals surface area (Å²) in [7, 11) is 1.22. The summed E-state index contributed by atoms with van der Waals surface area (Å²) in [6.07, 6.45) is 0.613. The SMILES string of the molecule is CCC(C)[C@H](N)C(=O)NC(CCC(=O)OC)C(=O)O. The molecular formula is C12H22N2O5. The van der Waals surface area contributed by atoms with E-state index < -0.39 is 29.9 Å². The Labute approximate surface area is 112 Å². The highest BCUT2D eigenvalue weighted by molar-refractivity contribution is 5.87. The van der Waals surface area contributed by atoms with Crippen molar-refractivity contribution in [3.63, 3.8) is 0 Å². The number of carbonyl (C=O) groups is 3. The molecule has 0 spiro atoms. The van der Waals surface area contributed by atoms with E-state index >= 15 is 0 Å². The van der Waals surface area contributed by atoms with Gasteiger partial charge in [0.2, 0.25) is 5.91 Å². The van der Waals surface area contributed by atoms with Crippen LogP contribution in [0, 0.1) is 5.92 Å². The molecule has 7 heteroatoms. The Morgan fingerprint density at radius 2 is 1.95 bits per heavy atom. The van der Waals surface area contributed by atoms with E-state index in [1.165, 1.54) is 7.11 Å². The van der Waals surface area contributed by atoms with E-state index in [1.54, 1.807) is 0 Å². The molecule has 7 nitrogen and oxygen atoms in total. The zero-order chi connectivity index (χ0) is 15.0. The first kappa shape index (κ1) is 17.4. The number of nitrogens with two attached hydrogens (primary N) is 1. The van der Waals surface area contributed by atoms with Gasteiger partial charge in [0.05, 0.1) is 13.2 Å². The van der Waals surface area contributed by atoms with Crippen LogP contribution < -0.4 is 11.1 Å². The highest BCUT2D eigenvalue weighted by atomic mass is 16.5. The van der Waals surface area contributed by atoms with Crippen LogP contribution in [-0.4, -0.2) is 42.1 Å². The Morgan fingerprint density at radius 3 is 2.37 bits per heavy atom. The number of nitrogens with one attached hydrogen (secondary N) is 1. The fourth-order valence-corrected chi connectivity index (χ4v) is 1.40. The third-order valence-corrected chi connectivity index (χ3v) is 3.04. The summed E-state index contributed by atoms with van der Waals surface area (Å²) in [5, 5.41) is 11.3. The number of hydrogen-bond donors (Lipinski definition) is 3. The van der Waals surface area contributed by atoms with Crippen LogP contribution in [0.25, 0.3) is 0 Å². The molecule has 0 rings (SSSR count). The molecule has 0 aromatic rings. The van der Waals surface area contributed by atoms with Gasteiger partial charge in [-0.2, -0.15) is 0 Å². The number of hydrogen-bond acceptors (Lipinski definition) is 5. The molecule has 2 unspecified atom stereocenters. The average molecular weight is 274 g/mol. The molecule has 4 N–H and O–H groups in total. The van der Waals surface area contributed by atoms with Crippen LogP contribution in [0.4, 0.5) is 0 Å². The number of aliphatic carboxylic acids is 1. The van der Waals surface area contributed by atoms with E-state index in [4.69, 9.17) is 10.8 Å². The van der Waals surface area contributed by atoms with Gasteiger partial charge >= 0.3 is 11.9 Å². The van der Waals surface area contributed by atoms with Crippen molar-refractivity contribution in [2.24, 2.45) is 11.7 Å². The van der Waals surface area contributed by atoms with E-state index in [1.807, 2.05) is 13.8 Å². The zero-order valence-electron chi connectivity index (χ0n) is 11.5. The van der Waals surface area contributed by atoms with Crippen LogP contribution in [0.5, 0.6) is 0 Å². The summed E-state index contributed by atoms with van der Waals surface area (Å²) in [5.41, 5.74) is 5.71. The third kappa shape index (κ3) is 6.19. The number of esters is 1. The normalized spacial score (nSPS) is 15.2. The fraction of sp³-hybridized carbons (Fsp3) is 0.750. The molecule has 0 fully saturated rings. The van der Waals surface area contributed by atoms with Crippen molar-refractivity contribution in [1.29, 1.82) is 0 Å². The second-order valence-corrected chi connectivity index (χ2v) is 4.43. The van der Waals surface area contributed by atoms with Gasteiger partial charge in [0.1, 0.15) is 6.04 Å². The molecule has 3 atom stereocenters. The van der Waals surface area contributed by atoms with E-state index in [-0.39, 0.29) is 18.8 Å². The molecule has 0 heterocycles. The summed E-state index contributed by atoms with van der Waals surface area (Å²) >= 11 is 0. The van der Waals surface area contributed by atoms with Crippen LogP contribution in [0.3, 0.4) is 0 Å².